The van der Waals surface area contributed by atoms with Crippen LogP contribution in [0.5, 0.6) is 5.75 Å². The van der Waals surface area contributed by atoms with E-state index in [0.29, 0.717) is 29.5 Å². The molecule has 0 atom stereocenters. The molecule has 1 saturated heterocycles. The molecule has 5 rings (SSSR count). The first-order valence-corrected chi connectivity index (χ1v) is 13.1. The lowest BCUT2D eigenvalue weighted by molar-refractivity contribution is 0.249. The fraction of sp³-hybridized carbons (Fsp3) is 0.593. The molecule has 0 bridgehead atoms. The summed E-state index contributed by atoms with van der Waals surface area (Å²) in [6.07, 6.45) is 8.06. The smallest absolute Gasteiger partial charge is 0.277 e. The number of benzene rings is 1. The van der Waals surface area contributed by atoms with Crippen molar-refractivity contribution in [2.45, 2.75) is 70.9 Å². The van der Waals surface area contributed by atoms with E-state index in [1.165, 1.54) is 19.3 Å². The van der Waals surface area contributed by atoms with Crippen LogP contribution in [-0.4, -0.2) is 64.5 Å². The Morgan fingerprint density at radius 3 is 2.54 bits per heavy atom. The van der Waals surface area contributed by atoms with Gasteiger partial charge in [-0.2, -0.15) is 5.10 Å². The van der Waals surface area contributed by atoms with E-state index in [1.807, 2.05) is 24.6 Å². The van der Waals surface area contributed by atoms with E-state index in [2.05, 4.69) is 41.0 Å². The van der Waals surface area contributed by atoms with Crippen LogP contribution in [0.25, 0.3) is 22.4 Å². The predicted molar refractivity (Wildman–Crippen MR) is 141 cm³/mol. The summed E-state index contributed by atoms with van der Waals surface area (Å²) < 4.78 is 7.98. The van der Waals surface area contributed by atoms with Gasteiger partial charge in [0, 0.05) is 30.9 Å². The molecule has 0 amide bonds. The number of aromatic nitrogens is 4. The molecule has 8 heteroatoms. The molecule has 1 saturated carbocycles. The number of aromatic amines is 1. The highest BCUT2D eigenvalue weighted by atomic mass is 16.5. The second-order valence-electron chi connectivity index (χ2n) is 10.2. The average molecular weight is 479 g/mol. The van der Waals surface area contributed by atoms with E-state index in [-0.39, 0.29) is 11.6 Å². The van der Waals surface area contributed by atoms with Crippen molar-refractivity contribution >= 4 is 16.7 Å². The van der Waals surface area contributed by atoms with Crippen LogP contribution in [0.1, 0.15) is 63.6 Å². The monoisotopic (exact) mass is 478 g/mol. The molecule has 188 valence electrons. The molecule has 1 aromatic carbocycles. The summed E-state index contributed by atoms with van der Waals surface area (Å²) in [7, 11) is 4.32. The summed E-state index contributed by atoms with van der Waals surface area (Å²) in [6, 6.07) is 7.16. The van der Waals surface area contributed by atoms with Crippen molar-refractivity contribution in [1.82, 2.24) is 24.6 Å². The third-order valence-corrected chi connectivity index (χ3v) is 7.73. The minimum Gasteiger partial charge on any atom is -0.493 e. The largest absolute Gasteiger partial charge is 0.493 e. The number of hydrogen-bond donors (Lipinski definition) is 1. The molecule has 2 aliphatic rings. The first-order valence-electron chi connectivity index (χ1n) is 13.1. The Morgan fingerprint density at radius 2 is 1.86 bits per heavy atom. The Morgan fingerprint density at radius 1 is 1.11 bits per heavy atom. The highest BCUT2D eigenvalue weighted by Crippen LogP contribution is 2.35. The number of fused-ring (bicyclic) bond motifs is 1. The van der Waals surface area contributed by atoms with Gasteiger partial charge in [-0.05, 0) is 65.8 Å². The lowest BCUT2D eigenvalue weighted by Gasteiger charge is -2.36. The summed E-state index contributed by atoms with van der Waals surface area (Å²) in [5.74, 6) is 1.29. The van der Waals surface area contributed by atoms with Gasteiger partial charge >= 0.3 is 0 Å². The van der Waals surface area contributed by atoms with Gasteiger partial charge in [0.05, 0.1) is 23.9 Å². The SMILES string of the molecule is CCOc1cc(N2CCC(N(C)C)CC2)ccc1-c1nc2c(C)nn(C3CCCCC3)c2c(=O)[nH]1. The number of piperidine rings is 1. The summed E-state index contributed by atoms with van der Waals surface area (Å²) in [5.41, 5.74) is 3.91. The Labute approximate surface area is 207 Å². The van der Waals surface area contributed by atoms with Crippen LogP contribution >= 0.6 is 0 Å². The lowest BCUT2D eigenvalue weighted by atomic mass is 9.95. The van der Waals surface area contributed by atoms with Gasteiger partial charge in [-0.1, -0.05) is 19.3 Å². The van der Waals surface area contributed by atoms with Crippen LogP contribution in [-0.2, 0) is 0 Å². The predicted octanol–water partition coefficient (Wildman–Crippen LogP) is 4.53. The standard InChI is InChI=1S/C27H38N6O2/c1-5-35-23-17-21(32-15-13-19(14-16-32)31(3)4)11-12-22(23)26-28-24-18(2)30-33(25(24)27(34)29-26)20-9-7-6-8-10-20/h11-12,17,19-20H,5-10,13-16H2,1-4H3,(H,28,29,34). The molecule has 8 nitrogen and oxygen atoms in total. The van der Waals surface area contributed by atoms with Gasteiger partial charge < -0.3 is 19.5 Å². The summed E-state index contributed by atoms with van der Waals surface area (Å²) >= 11 is 0. The zero-order valence-corrected chi connectivity index (χ0v) is 21.5. The van der Waals surface area contributed by atoms with Crippen molar-refractivity contribution in [3.63, 3.8) is 0 Å². The molecule has 1 aliphatic heterocycles. The molecule has 0 unspecified atom stereocenters. The van der Waals surface area contributed by atoms with Gasteiger partial charge in [0.1, 0.15) is 17.1 Å². The summed E-state index contributed by atoms with van der Waals surface area (Å²) in [6.45, 7) is 6.52. The van der Waals surface area contributed by atoms with E-state index in [1.54, 1.807) is 0 Å². The number of rotatable bonds is 6. The molecule has 0 spiro atoms. The fourth-order valence-electron chi connectivity index (χ4n) is 5.73. The van der Waals surface area contributed by atoms with E-state index < -0.39 is 0 Å². The van der Waals surface area contributed by atoms with E-state index in [0.717, 1.165) is 61.5 Å². The molecule has 35 heavy (non-hydrogen) atoms. The normalized spacial score (nSPS) is 18.0. The molecule has 1 N–H and O–H groups in total. The second kappa shape index (κ2) is 10.0. The van der Waals surface area contributed by atoms with Crippen molar-refractivity contribution in [3.8, 4) is 17.1 Å². The van der Waals surface area contributed by atoms with Crippen molar-refractivity contribution < 1.29 is 4.74 Å². The highest BCUT2D eigenvalue weighted by molar-refractivity contribution is 5.80. The van der Waals surface area contributed by atoms with Gasteiger partial charge in [0.2, 0.25) is 0 Å². The molecule has 2 fully saturated rings. The third-order valence-electron chi connectivity index (χ3n) is 7.73. The third kappa shape index (κ3) is 4.68. The van der Waals surface area contributed by atoms with Crippen LogP contribution in [0.4, 0.5) is 5.69 Å². The number of ether oxygens (including phenoxy) is 1. The second-order valence-corrected chi connectivity index (χ2v) is 10.2. The molecule has 1 aliphatic carbocycles. The van der Waals surface area contributed by atoms with Crippen LogP contribution in [0.2, 0.25) is 0 Å². The maximum Gasteiger partial charge on any atom is 0.277 e. The Hall–Kier alpha value is -2.87. The topological polar surface area (TPSA) is 79.3 Å². The summed E-state index contributed by atoms with van der Waals surface area (Å²) in [4.78, 5) is 26.0. The number of nitrogens with one attached hydrogen (secondary N) is 1. The maximum absolute atomic E-state index is 13.3. The highest BCUT2D eigenvalue weighted by Gasteiger charge is 2.25. The van der Waals surface area contributed by atoms with Gasteiger partial charge in [0.15, 0.2) is 5.52 Å². The van der Waals surface area contributed by atoms with Crippen molar-refractivity contribution in [1.29, 1.82) is 0 Å². The van der Waals surface area contributed by atoms with E-state index in [4.69, 9.17) is 14.8 Å². The number of aryl methyl sites for hydroxylation is 1. The number of anilines is 1. The Kier molecular flexibility index (Phi) is 6.82. The minimum atomic E-state index is -0.131. The molecule has 3 aromatic rings. The van der Waals surface area contributed by atoms with Gasteiger partial charge in [-0.15, -0.1) is 0 Å². The first-order chi connectivity index (χ1) is 17.0. The number of nitrogens with zero attached hydrogens (tertiary/aromatic N) is 5. The first kappa shape index (κ1) is 23.9. The fourth-order valence-corrected chi connectivity index (χ4v) is 5.73. The van der Waals surface area contributed by atoms with E-state index in [9.17, 15) is 4.79 Å². The summed E-state index contributed by atoms with van der Waals surface area (Å²) in [5, 5.41) is 4.75. The lowest BCUT2D eigenvalue weighted by Crippen LogP contribution is -2.41. The zero-order valence-electron chi connectivity index (χ0n) is 21.5. The van der Waals surface area contributed by atoms with E-state index >= 15 is 0 Å². The molecule has 2 aromatic heterocycles. The van der Waals surface area contributed by atoms with Gasteiger partial charge in [0.25, 0.3) is 5.56 Å². The number of hydrogen-bond acceptors (Lipinski definition) is 6. The zero-order chi connectivity index (χ0) is 24.5. The Bertz CT molecular complexity index is 1230. The van der Waals surface area contributed by atoms with Crippen LogP contribution < -0.4 is 15.2 Å². The molecular weight excluding hydrogens is 440 g/mol. The molecule has 0 radical (unpaired) electrons. The number of H-pyrrole nitrogens is 1. The van der Waals surface area contributed by atoms with Crippen molar-refractivity contribution in [2.75, 3.05) is 38.7 Å². The van der Waals surface area contributed by atoms with Crippen LogP contribution in [0, 0.1) is 6.92 Å². The van der Waals surface area contributed by atoms with Crippen molar-refractivity contribution in [2.24, 2.45) is 0 Å². The van der Waals surface area contributed by atoms with Gasteiger partial charge in [-0.3, -0.25) is 9.48 Å². The maximum atomic E-state index is 13.3. The quantitative estimate of drug-likeness (QED) is 0.561. The molecular formula is C27H38N6O2. The van der Waals surface area contributed by atoms with Crippen molar-refractivity contribution in [3.05, 3.63) is 34.2 Å². The molecule has 3 heterocycles. The Balaban J connectivity index is 1.49. The minimum absolute atomic E-state index is 0.131. The van der Waals surface area contributed by atoms with Gasteiger partial charge in [-0.25, -0.2) is 4.98 Å². The van der Waals surface area contributed by atoms with Crippen LogP contribution in [0.3, 0.4) is 0 Å². The van der Waals surface area contributed by atoms with Crippen LogP contribution in [0.15, 0.2) is 23.0 Å². The average Bonchev–Trinajstić information content (AvgIpc) is 3.21.